The summed E-state index contributed by atoms with van der Waals surface area (Å²) in [7, 11) is 0. The molecule has 0 saturated heterocycles. The molecule has 17 heavy (non-hydrogen) atoms. The highest BCUT2D eigenvalue weighted by atomic mass is 16.5. The van der Waals surface area contributed by atoms with Crippen molar-refractivity contribution in [1.29, 1.82) is 5.26 Å². The van der Waals surface area contributed by atoms with Crippen LogP contribution in [0.3, 0.4) is 0 Å². The van der Waals surface area contributed by atoms with Gasteiger partial charge in [-0.2, -0.15) is 5.26 Å². The van der Waals surface area contributed by atoms with E-state index >= 15 is 0 Å². The van der Waals surface area contributed by atoms with Gasteiger partial charge in [-0.25, -0.2) is 0 Å². The molecule has 1 aliphatic rings. The topological polar surface area (TPSA) is 45.0 Å². The minimum absolute atomic E-state index is 0.276. The Labute approximate surface area is 106 Å². The van der Waals surface area contributed by atoms with Gasteiger partial charge in [-0.3, -0.25) is 5.32 Å². The molecule has 3 nitrogen and oxygen atoms in total. The fourth-order valence-corrected chi connectivity index (χ4v) is 2.56. The molecule has 2 atom stereocenters. The van der Waals surface area contributed by atoms with Gasteiger partial charge < -0.3 is 4.74 Å². The summed E-state index contributed by atoms with van der Waals surface area (Å²) in [4.78, 5) is 0. The van der Waals surface area contributed by atoms with Crippen LogP contribution in [0.2, 0.25) is 0 Å². The summed E-state index contributed by atoms with van der Waals surface area (Å²) in [5.41, 5.74) is -0.344. The van der Waals surface area contributed by atoms with Gasteiger partial charge in [0.05, 0.1) is 12.2 Å². The second kappa shape index (κ2) is 6.98. The van der Waals surface area contributed by atoms with Crippen molar-refractivity contribution in [2.45, 2.75) is 77.0 Å². The van der Waals surface area contributed by atoms with Crippen LogP contribution < -0.4 is 5.32 Å². The predicted octanol–water partition coefficient (Wildman–Crippen LogP) is 3.01. The van der Waals surface area contributed by atoms with Crippen LogP contribution in [-0.2, 0) is 4.74 Å². The summed E-state index contributed by atoms with van der Waals surface area (Å²) in [6.45, 7) is 7.23. The first-order valence-electron chi connectivity index (χ1n) is 6.92. The van der Waals surface area contributed by atoms with Gasteiger partial charge in [0, 0.05) is 19.1 Å². The third kappa shape index (κ3) is 4.65. The molecule has 1 saturated carbocycles. The molecule has 0 amide bonds. The Balaban J connectivity index is 2.32. The Kier molecular flexibility index (Phi) is 5.94. The molecule has 3 heteroatoms. The van der Waals surface area contributed by atoms with Crippen molar-refractivity contribution in [2.24, 2.45) is 0 Å². The molecule has 1 rings (SSSR count). The van der Waals surface area contributed by atoms with Crippen LogP contribution in [-0.4, -0.2) is 24.3 Å². The van der Waals surface area contributed by atoms with Gasteiger partial charge in [0.1, 0.15) is 5.54 Å². The normalized spacial score (nSPS) is 28.5. The van der Waals surface area contributed by atoms with Crippen LogP contribution in [0.15, 0.2) is 0 Å². The van der Waals surface area contributed by atoms with E-state index in [1.54, 1.807) is 0 Å². The Morgan fingerprint density at radius 3 is 2.82 bits per heavy atom. The number of rotatable bonds is 7. The number of ether oxygens (including phenoxy) is 1. The molecular weight excluding hydrogens is 212 g/mol. The maximum Gasteiger partial charge on any atom is 0.109 e. The first-order chi connectivity index (χ1) is 8.12. The van der Waals surface area contributed by atoms with Gasteiger partial charge in [0.2, 0.25) is 0 Å². The minimum atomic E-state index is -0.344. The van der Waals surface area contributed by atoms with Gasteiger partial charge in [-0.15, -0.1) is 0 Å². The lowest BCUT2D eigenvalue weighted by Crippen LogP contribution is -2.45. The molecular formula is C14H26N2O. The van der Waals surface area contributed by atoms with Crippen molar-refractivity contribution in [3.05, 3.63) is 0 Å². The zero-order chi connectivity index (χ0) is 12.7. The molecule has 1 fully saturated rings. The van der Waals surface area contributed by atoms with E-state index in [-0.39, 0.29) is 11.6 Å². The highest BCUT2D eigenvalue weighted by molar-refractivity contribution is 5.12. The fourth-order valence-electron chi connectivity index (χ4n) is 2.56. The van der Waals surface area contributed by atoms with Gasteiger partial charge in [-0.05, 0) is 33.1 Å². The Morgan fingerprint density at radius 2 is 2.24 bits per heavy atom. The van der Waals surface area contributed by atoms with Gasteiger partial charge in [-0.1, -0.05) is 19.8 Å². The standard InChI is InChI=1S/C14H26N2O/c1-4-5-6-9-17-13-7-8-14(10-13,11-15)16-12(2)3/h12-13,16H,4-10H2,1-3H3. The largest absolute Gasteiger partial charge is 0.378 e. The molecule has 0 heterocycles. The number of unbranched alkanes of at least 4 members (excludes halogenated alkanes) is 2. The quantitative estimate of drug-likeness (QED) is 0.693. The average molecular weight is 238 g/mol. The van der Waals surface area contributed by atoms with E-state index in [4.69, 9.17) is 4.74 Å². The molecule has 0 spiro atoms. The highest BCUT2D eigenvalue weighted by Crippen LogP contribution is 2.32. The van der Waals surface area contributed by atoms with Crippen LogP contribution in [0, 0.1) is 11.3 Å². The molecule has 2 unspecified atom stereocenters. The van der Waals surface area contributed by atoms with Crippen molar-refractivity contribution in [3.8, 4) is 6.07 Å². The second-order valence-electron chi connectivity index (χ2n) is 5.44. The molecule has 0 aromatic rings. The summed E-state index contributed by atoms with van der Waals surface area (Å²) in [5.74, 6) is 0. The van der Waals surface area contributed by atoms with Crippen LogP contribution >= 0.6 is 0 Å². The predicted molar refractivity (Wildman–Crippen MR) is 69.7 cm³/mol. The summed E-state index contributed by atoms with van der Waals surface area (Å²) in [6, 6.07) is 2.80. The Morgan fingerprint density at radius 1 is 1.47 bits per heavy atom. The lowest BCUT2D eigenvalue weighted by Gasteiger charge is -2.25. The molecule has 98 valence electrons. The minimum Gasteiger partial charge on any atom is -0.378 e. The number of nitrogens with zero attached hydrogens (tertiary/aromatic N) is 1. The fraction of sp³-hybridized carbons (Fsp3) is 0.929. The van der Waals surface area contributed by atoms with E-state index in [1.807, 2.05) is 0 Å². The van der Waals surface area contributed by atoms with Crippen LogP contribution in [0.25, 0.3) is 0 Å². The number of nitriles is 1. The maximum absolute atomic E-state index is 9.32. The van der Waals surface area contributed by atoms with E-state index in [0.717, 1.165) is 32.3 Å². The zero-order valence-electron chi connectivity index (χ0n) is 11.5. The number of hydrogen-bond donors (Lipinski definition) is 1. The van der Waals surface area contributed by atoms with Crippen molar-refractivity contribution < 1.29 is 4.74 Å². The third-order valence-electron chi connectivity index (χ3n) is 3.35. The smallest absolute Gasteiger partial charge is 0.109 e. The molecule has 1 aliphatic carbocycles. The van der Waals surface area contributed by atoms with Crippen LogP contribution in [0.4, 0.5) is 0 Å². The van der Waals surface area contributed by atoms with Crippen molar-refractivity contribution >= 4 is 0 Å². The Bertz CT molecular complexity index is 259. The lowest BCUT2D eigenvalue weighted by atomic mass is 9.98. The maximum atomic E-state index is 9.32. The van der Waals surface area contributed by atoms with Gasteiger partial charge in [0.25, 0.3) is 0 Å². The van der Waals surface area contributed by atoms with Crippen LogP contribution in [0.1, 0.15) is 59.3 Å². The summed E-state index contributed by atoms with van der Waals surface area (Å²) >= 11 is 0. The van der Waals surface area contributed by atoms with Crippen molar-refractivity contribution in [1.82, 2.24) is 5.32 Å². The summed E-state index contributed by atoms with van der Waals surface area (Å²) in [5, 5.41) is 12.7. The number of nitrogens with one attached hydrogen (secondary N) is 1. The SMILES string of the molecule is CCCCCOC1CCC(C#N)(NC(C)C)C1. The van der Waals surface area contributed by atoms with E-state index in [2.05, 4.69) is 32.2 Å². The zero-order valence-corrected chi connectivity index (χ0v) is 11.5. The second-order valence-corrected chi connectivity index (χ2v) is 5.44. The molecule has 0 bridgehead atoms. The lowest BCUT2D eigenvalue weighted by molar-refractivity contribution is 0.0519. The average Bonchev–Trinajstić information content (AvgIpc) is 2.68. The molecule has 0 radical (unpaired) electrons. The van der Waals surface area contributed by atoms with Crippen molar-refractivity contribution in [2.75, 3.05) is 6.61 Å². The monoisotopic (exact) mass is 238 g/mol. The van der Waals surface area contributed by atoms with E-state index < -0.39 is 0 Å². The van der Waals surface area contributed by atoms with Crippen molar-refractivity contribution in [3.63, 3.8) is 0 Å². The third-order valence-corrected chi connectivity index (χ3v) is 3.35. The summed E-state index contributed by atoms with van der Waals surface area (Å²) < 4.78 is 5.85. The molecule has 1 N–H and O–H groups in total. The van der Waals surface area contributed by atoms with E-state index in [0.29, 0.717) is 6.04 Å². The molecule has 0 aromatic carbocycles. The molecule has 0 aromatic heterocycles. The van der Waals surface area contributed by atoms with E-state index in [1.165, 1.54) is 12.8 Å². The number of hydrogen-bond acceptors (Lipinski definition) is 3. The summed E-state index contributed by atoms with van der Waals surface area (Å²) in [6.07, 6.45) is 6.65. The Hall–Kier alpha value is -0.590. The first kappa shape index (κ1) is 14.5. The van der Waals surface area contributed by atoms with Crippen LogP contribution in [0.5, 0.6) is 0 Å². The van der Waals surface area contributed by atoms with Gasteiger partial charge in [0.15, 0.2) is 0 Å². The molecule has 0 aliphatic heterocycles. The van der Waals surface area contributed by atoms with E-state index in [9.17, 15) is 5.26 Å². The first-order valence-corrected chi connectivity index (χ1v) is 6.92. The van der Waals surface area contributed by atoms with Gasteiger partial charge >= 0.3 is 0 Å². The highest BCUT2D eigenvalue weighted by Gasteiger charge is 2.40.